The fourth-order valence-corrected chi connectivity index (χ4v) is 3.44. The number of amides is 1. The number of carbonyl (C=O) groups excluding carboxylic acids is 1. The fraction of sp³-hybridized carbons (Fsp3) is 0.200. The van der Waals surface area contributed by atoms with Crippen LogP contribution in [0.2, 0.25) is 0 Å². The summed E-state index contributed by atoms with van der Waals surface area (Å²) in [4.78, 5) is 16.4. The Hall–Kier alpha value is -2.46. The zero-order chi connectivity index (χ0) is 16.9. The molecule has 0 fully saturated rings. The molecule has 0 spiro atoms. The van der Waals surface area contributed by atoms with Gasteiger partial charge in [-0.2, -0.15) is 0 Å². The maximum atomic E-state index is 11.6. The predicted octanol–water partition coefficient (Wildman–Crippen LogP) is 5.52. The van der Waals surface area contributed by atoms with Crippen molar-refractivity contribution < 1.29 is 4.79 Å². The second-order valence-electron chi connectivity index (χ2n) is 5.73. The van der Waals surface area contributed by atoms with Crippen LogP contribution in [0.4, 0.5) is 5.69 Å². The van der Waals surface area contributed by atoms with Gasteiger partial charge in [0.15, 0.2) is 0 Å². The number of nitrogens with one attached hydrogen (secondary N) is 1. The van der Waals surface area contributed by atoms with E-state index >= 15 is 0 Å². The van der Waals surface area contributed by atoms with Crippen molar-refractivity contribution in [1.29, 1.82) is 0 Å². The third kappa shape index (κ3) is 3.71. The van der Waals surface area contributed by atoms with Crippen LogP contribution in [0.25, 0.3) is 21.8 Å². The molecule has 1 heterocycles. The highest BCUT2D eigenvalue weighted by Crippen LogP contribution is 2.31. The van der Waals surface area contributed by atoms with Gasteiger partial charge in [-0.05, 0) is 31.0 Å². The van der Waals surface area contributed by atoms with Crippen LogP contribution in [0.3, 0.4) is 0 Å². The van der Waals surface area contributed by atoms with E-state index in [-0.39, 0.29) is 5.91 Å². The van der Waals surface area contributed by atoms with Crippen molar-refractivity contribution in [3.63, 3.8) is 0 Å². The lowest BCUT2D eigenvalue weighted by Crippen LogP contribution is -2.10. The zero-order valence-electron chi connectivity index (χ0n) is 13.9. The number of anilines is 1. The van der Waals surface area contributed by atoms with E-state index < -0.39 is 0 Å². The number of aromatic nitrogens is 1. The Labute approximate surface area is 146 Å². The van der Waals surface area contributed by atoms with Gasteiger partial charge in [0.1, 0.15) is 5.01 Å². The second kappa shape index (κ2) is 7.41. The molecule has 3 aromatic rings. The molecule has 1 N–H and O–H groups in total. The number of hydrogen-bond donors (Lipinski definition) is 1. The van der Waals surface area contributed by atoms with Gasteiger partial charge in [0.05, 0.1) is 5.69 Å². The van der Waals surface area contributed by atoms with Crippen LogP contribution < -0.4 is 5.32 Å². The Morgan fingerprint density at radius 3 is 2.58 bits per heavy atom. The monoisotopic (exact) mass is 336 g/mol. The van der Waals surface area contributed by atoms with Gasteiger partial charge in [0, 0.05) is 28.6 Å². The molecule has 0 unspecified atom stereocenters. The molecule has 0 radical (unpaired) electrons. The van der Waals surface area contributed by atoms with E-state index in [1.165, 1.54) is 11.1 Å². The van der Waals surface area contributed by atoms with Gasteiger partial charge >= 0.3 is 0 Å². The molecule has 0 saturated heterocycles. The van der Waals surface area contributed by atoms with Crippen LogP contribution in [-0.2, 0) is 4.79 Å². The van der Waals surface area contributed by atoms with Crippen molar-refractivity contribution in [1.82, 2.24) is 4.98 Å². The molecule has 0 aliphatic carbocycles. The van der Waals surface area contributed by atoms with Crippen LogP contribution in [0.15, 0.2) is 53.9 Å². The van der Waals surface area contributed by atoms with Crippen molar-refractivity contribution >= 4 is 22.9 Å². The van der Waals surface area contributed by atoms with E-state index in [1.807, 2.05) is 43.3 Å². The lowest BCUT2D eigenvalue weighted by Gasteiger charge is -2.05. The summed E-state index contributed by atoms with van der Waals surface area (Å²) in [6.45, 7) is 4.10. The van der Waals surface area contributed by atoms with Crippen molar-refractivity contribution in [2.75, 3.05) is 5.32 Å². The summed E-state index contributed by atoms with van der Waals surface area (Å²) in [6, 6.07) is 16.1. The molecule has 2 aromatic carbocycles. The number of rotatable bonds is 5. The Morgan fingerprint density at radius 2 is 1.88 bits per heavy atom. The van der Waals surface area contributed by atoms with Gasteiger partial charge in [-0.1, -0.05) is 43.3 Å². The minimum Gasteiger partial charge on any atom is -0.326 e. The van der Waals surface area contributed by atoms with E-state index in [0.29, 0.717) is 6.42 Å². The molecule has 4 heteroatoms. The highest BCUT2D eigenvalue weighted by molar-refractivity contribution is 7.13. The van der Waals surface area contributed by atoms with E-state index in [0.717, 1.165) is 28.4 Å². The topological polar surface area (TPSA) is 42.0 Å². The summed E-state index contributed by atoms with van der Waals surface area (Å²) < 4.78 is 0. The third-order valence-electron chi connectivity index (χ3n) is 3.82. The molecule has 1 amide bonds. The normalized spacial score (nSPS) is 10.6. The van der Waals surface area contributed by atoms with Gasteiger partial charge in [-0.25, -0.2) is 4.98 Å². The summed E-state index contributed by atoms with van der Waals surface area (Å²) in [5.41, 5.74) is 5.25. The van der Waals surface area contributed by atoms with Crippen LogP contribution in [0.1, 0.15) is 25.3 Å². The molecule has 0 atom stereocenters. The Balaban J connectivity index is 1.78. The molecular formula is C20H20N2OS. The first-order chi connectivity index (χ1) is 11.7. The molecule has 0 bridgehead atoms. The molecule has 1 aromatic heterocycles. The number of carbonyl (C=O) groups is 1. The van der Waals surface area contributed by atoms with Gasteiger partial charge < -0.3 is 5.32 Å². The number of aryl methyl sites for hydroxylation is 1. The second-order valence-corrected chi connectivity index (χ2v) is 6.59. The Morgan fingerprint density at radius 1 is 1.12 bits per heavy atom. The molecule has 122 valence electrons. The Kier molecular flexibility index (Phi) is 5.06. The van der Waals surface area contributed by atoms with Crippen molar-refractivity contribution in [2.24, 2.45) is 0 Å². The largest absolute Gasteiger partial charge is 0.326 e. The lowest BCUT2D eigenvalue weighted by atomic mass is 10.1. The Bertz CT molecular complexity index is 837. The summed E-state index contributed by atoms with van der Waals surface area (Å²) in [7, 11) is 0. The standard InChI is InChI=1S/C20H20N2OS/c1-3-6-19(23)21-16-11-9-15(10-12-16)18-13-24-20(22-18)17-8-5-4-7-14(17)2/h4-5,7-13H,3,6H2,1-2H3,(H,21,23). The fourth-order valence-electron chi connectivity index (χ4n) is 2.52. The third-order valence-corrected chi connectivity index (χ3v) is 4.70. The van der Waals surface area contributed by atoms with E-state index in [9.17, 15) is 4.79 Å². The summed E-state index contributed by atoms with van der Waals surface area (Å²) in [5, 5.41) is 6.01. The van der Waals surface area contributed by atoms with Crippen LogP contribution in [-0.4, -0.2) is 10.9 Å². The summed E-state index contributed by atoms with van der Waals surface area (Å²) in [5.74, 6) is 0.0562. The minimum atomic E-state index is 0.0562. The SMILES string of the molecule is CCCC(=O)Nc1ccc(-c2csc(-c3ccccc3C)n2)cc1. The average Bonchev–Trinajstić information content (AvgIpc) is 3.06. The number of thiazole rings is 1. The van der Waals surface area contributed by atoms with Gasteiger partial charge in [0.2, 0.25) is 5.91 Å². The predicted molar refractivity (Wildman–Crippen MR) is 101 cm³/mol. The van der Waals surface area contributed by atoms with Gasteiger partial charge in [0.25, 0.3) is 0 Å². The first-order valence-electron chi connectivity index (χ1n) is 8.09. The molecule has 0 aliphatic heterocycles. The molecular weight excluding hydrogens is 316 g/mol. The maximum Gasteiger partial charge on any atom is 0.224 e. The van der Waals surface area contributed by atoms with E-state index in [2.05, 4.69) is 29.8 Å². The van der Waals surface area contributed by atoms with E-state index in [4.69, 9.17) is 4.98 Å². The summed E-state index contributed by atoms with van der Waals surface area (Å²) >= 11 is 1.65. The van der Waals surface area contributed by atoms with Gasteiger partial charge in [-0.3, -0.25) is 4.79 Å². The minimum absolute atomic E-state index is 0.0562. The van der Waals surface area contributed by atoms with Crippen LogP contribution in [0.5, 0.6) is 0 Å². The zero-order valence-corrected chi connectivity index (χ0v) is 14.7. The molecule has 0 aliphatic rings. The maximum absolute atomic E-state index is 11.6. The highest BCUT2D eigenvalue weighted by Gasteiger charge is 2.09. The molecule has 3 nitrogen and oxygen atoms in total. The smallest absolute Gasteiger partial charge is 0.224 e. The summed E-state index contributed by atoms with van der Waals surface area (Å²) in [6.07, 6.45) is 1.40. The molecule has 3 rings (SSSR count). The number of nitrogens with zero attached hydrogens (tertiary/aromatic N) is 1. The quantitative estimate of drug-likeness (QED) is 0.666. The van der Waals surface area contributed by atoms with E-state index in [1.54, 1.807) is 11.3 Å². The van der Waals surface area contributed by atoms with Crippen molar-refractivity contribution in [3.8, 4) is 21.8 Å². The van der Waals surface area contributed by atoms with Crippen molar-refractivity contribution in [2.45, 2.75) is 26.7 Å². The average molecular weight is 336 g/mol. The lowest BCUT2D eigenvalue weighted by molar-refractivity contribution is -0.116. The number of benzene rings is 2. The van der Waals surface area contributed by atoms with Crippen LogP contribution >= 0.6 is 11.3 Å². The molecule has 24 heavy (non-hydrogen) atoms. The van der Waals surface area contributed by atoms with Crippen molar-refractivity contribution in [3.05, 3.63) is 59.5 Å². The first kappa shape index (κ1) is 16.4. The van der Waals surface area contributed by atoms with Gasteiger partial charge in [-0.15, -0.1) is 11.3 Å². The first-order valence-corrected chi connectivity index (χ1v) is 8.97. The number of hydrogen-bond acceptors (Lipinski definition) is 3. The molecule has 0 saturated carbocycles. The van der Waals surface area contributed by atoms with Crippen LogP contribution in [0, 0.1) is 6.92 Å². The highest BCUT2D eigenvalue weighted by atomic mass is 32.1.